The SMILES string of the molecule is CCCOCc1ccccc1CN=C(N)Nc1cccc(C)c1.I. The van der Waals surface area contributed by atoms with Crippen LogP contribution in [0.2, 0.25) is 0 Å². The van der Waals surface area contributed by atoms with E-state index >= 15 is 0 Å². The lowest BCUT2D eigenvalue weighted by atomic mass is 10.1. The third kappa shape index (κ3) is 6.88. The minimum Gasteiger partial charge on any atom is -0.377 e. The molecule has 2 rings (SSSR count). The molecule has 24 heavy (non-hydrogen) atoms. The van der Waals surface area contributed by atoms with Crippen LogP contribution < -0.4 is 11.1 Å². The third-order valence-electron chi connectivity index (χ3n) is 3.43. The van der Waals surface area contributed by atoms with Gasteiger partial charge < -0.3 is 15.8 Å². The molecule has 0 aromatic heterocycles. The van der Waals surface area contributed by atoms with Crippen LogP contribution >= 0.6 is 24.0 Å². The summed E-state index contributed by atoms with van der Waals surface area (Å²) in [4.78, 5) is 4.44. The predicted octanol–water partition coefficient (Wildman–Crippen LogP) is 4.47. The number of nitrogens with two attached hydrogens (primary N) is 1. The standard InChI is InChI=1S/C19H25N3O.HI/c1-3-11-23-14-17-9-5-4-8-16(17)13-21-19(20)22-18-10-6-7-15(2)12-18;/h4-10,12H,3,11,13-14H2,1-2H3,(H3,20,21,22);1H. The van der Waals surface area contributed by atoms with Crippen molar-refractivity contribution in [3.05, 3.63) is 65.2 Å². The maximum absolute atomic E-state index is 5.98. The van der Waals surface area contributed by atoms with Crippen LogP contribution in [0.5, 0.6) is 0 Å². The van der Waals surface area contributed by atoms with E-state index in [1.165, 1.54) is 5.56 Å². The number of nitrogens with one attached hydrogen (secondary N) is 1. The van der Waals surface area contributed by atoms with Crippen molar-refractivity contribution >= 4 is 35.6 Å². The zero-order chi connectivity index (χ0) is 16.5. The Kier molecular flexibility index (Phi) is 9.41. The Bertz CT molecular complexity index is 659. The molecule has 0 spiro atoms. The second kappa shape index (κ2) is 11.0. The molecule has 5 heteroatoms. The van der Waals surface area contributed by atoms with E-state index in [4.69, 9.17) is 10.5 Å². The molecule has 2 aromatic carbocycles. The van der Waals surface area contributed by atoms with Gasteiger partial charge in [0.2, 0.25) is 0 Å². The summed E-state index contributed by atoms with van der Waals surface area (Å²) in [5, 5.41) is 3.12. The number of hydrogen-bond donors (Lipinski definition) is 2. The van der Waals surface area contributed by atoms with Gasteiger partial charge in [0.1, 0.15) is 0 Å². The highest BCUT2D eigenvalue weighted by Gasteiger charge is 2.02. The van der Waals surface area contributed by atoms with Crippen molar-refractivity contribution in [1.82, 2.24) is 0 Å². The van der Waals surface area contributed by atoms with Crippen LogP contribution in [0.1, 0.15) is 30.0 Å². The molecule has 0 aliphatic carbocycles. The van der Waals surface area contributed by atoms with E-state index in [-0.39, 0.29) is 24.0 Å². The van der Waals surface area contributed by atoms with Gasteiger partial charge in [-0.05, 0) is 42.2 Å². The fraction of sp³-hybridized carbons (Fsp3) is 0.316. The molecule has 4 nitrogen and oxygen atoms in total. The van der Waals surface area contributed by atoms with Gasteiger partial charge in [-0.3, -0.25) is 0 Å². The van der Waals surface area contributed by atoms with E-state index in [0.717, 1.165) is 29.8 Å². The van der Waals surface area contributed by atoms with Gasteiger partial charge in [-0.2, -0.15) is 0 Å². The van der Waals surface area contributed by atoms with Gasteiger partial charge in [0, 0.05) is 12.3 Å². The molecule has 0 saturated carbocycles. The lowest BCUT2D eigenvalue weighted by Crippen LogP contribution is -2.22. The van der Waals surface area contributed by atoms with Crippen LogP contribution in [0.4, 0.5) is 5.69 Å². The monoisotopic (exact) mass is 439 g/mol. The summed E-state index contributed by atoms with van der Waals surface area (Å²) in [5.74, 6) is 0.417. The number of guanidine groups is 1. The molecule has 0 radical (unpaired) electrons. The molecule has 0 heterocycles. The molecule has 130 valence electrons. The second-order valence-electron chi connectivity index (χ2n) is 5.52. The molecule has 0 bridgehead atoms. The Morgan fingerprint density at radius 3 is 2.58 bits per heavy atom. The highest BCUT2D eigenvalue weighted by Crippen LogP contribution is 2.12. The van der Waals surface area contributed by atoms with E-state index in [9.17, 15) is 0 Å². The number of aryl methyl sites for hydroxylation is 1. The van der Waals surface area contributed by atoms with E-state index in [0.29, 0.717) is 19.1 Å². The van der Waals surface area contributed by atoms with Crippen LogP contribution in [0, 0.1) is 6.92 Å². The molecule has 2 aromatic rings. The quantitative estimate of drug-likeness (QED) is 0.290. The fourth-order valence-corrected chi connectivity index (χ4v) is 2.26. The molecular weight excluding hydrogens is 413 g/mol. The number of ether oxygens (including phenoxy) is 1. The van der Waals surface area contributed by atoms with Crippen molar-refractivity contribution in [2.45, 2.75) is 33.4 Å². The first-order valence-corrected chi connectivity index (χ1v) is 7.97. The second-order valence-corrected chi connectivity index (χ2v) is 5.52. The average Bonchev–Trinajstić information content (AvgIpc) is 2.54. The van der Waals surface area contributed by atoms with Crippen LogP contribution in [-0.4, -0.2) is 12.6 Å². The Hall–Kier alpha value is -1.60. The van der Waals surface area contributed by atoms with Crippen LogP contribution in [0.25, 0.3) is 0 Å². The number of nitrogens with zero attached hydrogens (tertiary/aromatic N) is 1. The Morgan fingerprint density at radius 2 is 1.88 bits per heavy atom. The van der Waals surface area contributed by atoms with E-state index in [2.05, 4.69) is 29.4 Å². The lowest BCUT2D eigenvalue weighted by molar-refractivity contribution is 0.121. The first-order chi connectivity index (χ1) is 11.2. The summed E-state index contributed by atoms with van der Waals surface area (Å²) in [6, 6.07) is 16.2. The van der Waals surface area contributed by atoms with Gasteiger partial charge in [-0.1, -0.05) is 43.3 Å². The fourth-order valence-electron chi connectivity index (χ4n) is 2.26. The summed E-state index contributed by atoms with van der Waals surface area (Å²) in [7, 11) is 0. The largest absolute Gasteiger partial charge is 0.377 e. The molecule has 0 aliphatic heterocycles. The average molecular weight is 439 g/mol. The maximum Gasteiger partial charge on any atom is 0.193 e. The minimum atomic E-state index is 0. The number of benzene rings is 2. The summed E-state index contributed by atoms with van der Waals surface area (Å²) in [5.41, 5.74) is 10.4. The number of anilines is 1. The van der Waals surface area contributed by atoms with Gasteiger partial charge in [-0.25, -0.2) is 4.99 Å². The third-order valence-corrected chi connectivity index (χ3v) is 3.43. The van der Waals surface area contributed by atoms with Crippen molar-refractivity contribution in [3.63, 3.8) is 0 Å². The Labute approximate surface area is 161 Å². The zero-order valence-electron chi connectivity index (χ0n) is 14.3. The van der Waals surface area contributed by atoms with Gasteiger partial charge in [0.05, 0.1) is 13.2 Å². The summed E-state index contributed by atoms with van der Waals surface area (Å²) in [6.45, 7) is 6.08. The summed E-state index contributed by atoms with van der Waals surface area (Å²) in [6.07, 6.45) is 1.02. The predicted molar refractivity (Wildman–Crippen MR) is 112 cm³/mol. The Balaban J connectivity index is 0.00000288. The van der Waals surface area contributed by atoms with E-state index in [1.807, 2.05) is 43.3 Å². The summed E-state index contributed by atoms with van der Waals surface area (Å²) >= 11 is 0. The summed E-state index contributed by atoms with van der Waals surface area (Å²) < 4.78 is 5.63. The van der Waals surface area contributed by atoms with Crippen molar-refractivity contribution in [3.8, 4) is 0 Å². The molecule has 0 amide bonds. The first-order valence-electron chi connectivity index (χ1n) is 7.97. The minimum absolute atomic E-state index is 0. The number of hydrogen-bond acceptors (Lipinski definition) is 2. The molecule has 3 N–H and O–H groups in total. The molecule has 0 unspecified atom stereocenters. The van der Waals surface area contributed by atoms with E-state index < -0.39 is 0 Å². The van der Waals surface area contributed by atoms with Gasteiger partial charge >= 0.3 is 0 Å². The normalized spacial score (nSPS) is 11.0. The van der Waals surface area contributed by atoms with Gasteiger partial charge in [0.25, 0.3) is 0 Å². The van der Waals surface area contributed by atoms with Crippen molar-refractivity contribution in [2.24, 2.45) is 10.7 Å². The van der Waals surface area contributed by atoms with Gasteiger partial charge in [-0.15, -0.1) is 24.0 Å². The topological polar surface area (TPSA) is 59.6 Å². The molecular formula is C19H26IN3O. The number of halogens is 1. The number of rotatable bonds is 7. The Morgan fingerprint density at radius 1 is 1.12 bits per heavy atom. The maximum atomic E-state index is 5.98. The van der Waals surface area contributed by atoms with Gasteiger partial charge in [0.15, 0.2) is 5.96 Å². The smallest absolute Gasteiger partial charge is 0.193 e. The van der Waals surface area contributed by atoms with Crippen LogP contribution in [-0.2, 0) is 17.9 Å². The molecule has 0 saturated heterocycles. The number of aliphatic imine (C=N–C) groups is 1. The van der Waals surface area contributed by atoms with Crippen molar-refractivity contribution < 1.29 is 4.74 Å². The van der Waals surface area contributed by atoms with E-state index in [1.54, 1.807) is 0 Å². The highest BCUT2D eigenvalue weighted by atomic mass is 127. The molecule has 0 fully saturated rings. The zero-order valence-corrected chi connectivity index (χ0v) is 16.6. The van der Waals surface area contributed by atoms with Crippen molar-refractivity contribution in [1.29, 1.82) is 0 Å². The van der Waals surface area contributed by atoms with Crippen molar-refractivity contribution in [2.75, 3.05) is 11.9 Å². The van der Waals surface area contributed by atoms with Crippen LogP contribution in [0.3, 0.4) is 0 Å². The highest BCUT2D eigenvalue weighted by molar-refractivity contribution is 14.0. The first kappa shape index (κ1) is 20.4. The lowest BCUT2D eigenvalue weighted by Gasteiger charge is -2.09. The van der Waals surface area contributed by atoms with Crippen LogP contribution in [0.15, 0.2) is 53.5 Å². The molecule has 0 atom stereocenters. The molecule has 0 aliphatic rings.